The second kappa shape index (κ2) is 11.6. The summed E-state index contributed by atoms with van der Waals surface area (Å²) in [5.41, 5.74) is 4.50. The topological polar surface area (TPSA) is 69.7 Å². The van der Waals surface area contributed by atoms with E-state index in [9.17, 15) is 14.4 Å². The zero-order valence-electron chi connectivity index (χ0n) is 21.8. The van der Waals surface area contributed by atoms with Crippen molar-refractivity contribution < 1.29 is 14.4 Å². The summed E-state index contributed by atoms with van der Waals surface area (Å²) in [6, 6.07) is 13.0. The highest BCUT2D eigenvalue weighted by Crippen LogP contribution is 2.44. The molecule has 1 fully saturated rings. The maximum absolute atomic E-state index is 13.7. The van der Waals surface area contributed by atoms with Crippen molar-refractivity contribution in [3.05, 3.63) is 64.1 Å². The van der Waals surface area contributed by atoms with Crippen LogP contribution in [0.4, 0.5) is 11.4 Å². The van der Waals surface area contributed by atoms with E-state index < -0.39 is 0 Å². The fourth-order valence-electron chi connectivity index (χ4n) is 4.70. The van der Waals surface area contributed by atoms with Crippen LogP contribution in [0.25, 0.3) is 5.57 Å². The van der Waals surface area contributed by atoms with Crippen molar-refractivity contribution in [1.82, 2.24) is 4.90 Å². The average molecular weight is 536 g/mol. The number of nitrogens with one attached hydrogen (secondary N) is 1. The number of carbonyl (C=O) groups is 3. The fraction of sp³-hybridized carbons (Fsp3) is 0.379. The third kappa shape index (κ3) is 5.65. The smallest absolute Gasteiger partial charge is 0.267 e. The van der Waals surface area contributed by atoms with Gasteiger partial charge in [-0.15, -0.1) is 0 Å². The summed E-state index contributed by atoms with van der Waals surface area (Å²) in [4.78, 5) is 43.6. The number of anilines is 2. The lowest BCUT2D eigenvalue weighted by atomic mass is 9.98. The Morgan fingerprint density at radius 1 is 1.03 bits per heavy atom. The quantitative estimate of drug-likeness (QED) is 0.311. The second-order valence-corrected chi connectivity index (χ2v) is 11.3. The zero-order chi connectivity index (χ0) is 26.7. The first-order chi connectivity index (χ1) is 17.7. The maximum Gasteiger partial charge on any atom is 0.267 e. The molecule has 2 heterocycles. The van der Waals surface area contributed by atoms with Gasteiger partial charge in [-0.05, 0) is 55.5 Å². The molecule has 0 aromatic heterocycles. The van der Waals surface area contributed by atoms with Gasteiger partial charge < -0.3 is 5.32 Å². The summed E-state index contributed by atoms with van der Waals surface area (Å²) in [5.74, 6) is -0.509. The molecule has 0 radical (unpaired) electrons. The van der Waals surface area contributed by atoms with E-state index in [1.165, 1.54) is 16.7 Å². The summed E-state index contributed by atoms with van der Waals surface area (Å²) < 4.78 is 0.485. The van der Waals surface area contributed by atoms with E-state index in [1.807, 2.05) is 56.3 Å². The lowest BCUT2D eigenvalue weighted by Gasteiger charge is -2.21. The normalized spacial score (nSPS) is 18.0. The van der Waals surface area contributed by atoms with Crippen molar-refractivity contribution in [1.29, 1.82) is 0 Å². The first kappa shape index (κ1) is 27.1. The predicted molar refractivity (Wildman–Crippen MR) is 155 cm³/mol. The van der Waals surface area contributed by atoms with Crippen molar-refractivity contribution in [2.75, 3.05) is 23.3 Å². The summed E-state index contributed by atoms with van der Waals surface area (Å²) >= 11 is 6.77. The van der Waals surface area contributed by atoms with Crippen LogP contribution in [0.1, 0.15) is 56.2 Å². The monoisotopic (exact) mass is 535 g/mol. The van der Waals surface area contributed by atoms with Gasteiger partial charge in [0.2, 0.25) is 5.91 Å². The largest absolute Gasteiger partial charge is 0.325 e. The number of aryl methyl sites for hydroxylation is 2. The van der Waals surface area contributed by atoms with Gasteiger partial charge in [-0.2, -0.15) is 0 Å². The number of thiocarbonyl (C=S) groups is 1. The highest BCUT2D eigenvalue weighted by Gasteiger charge is 2.42. The number of unbranched alkanes of at least 4 members (excludes halogenated alkanes) is 1. The molecular formula is C29H33N3O3S2. The van der Waals surface area contributed by atoms with Crippen LogP contribution in [0, 0.1) is 19.8 Å². The lowest BCUT2D eigenvalue weighted by Crippen LogP contribution is -2.36. The van der Waals surface area contributed by atoms with Crippen molar-refractivity contribution in [3.8, 4) is 0 Å². The number of nitrogens with zero attached hydrogens (tertiary/aromatic N) is 2. The van der Waals surface area contributed by atoms with Gasteiger partial charge in [0.1, 0.15) is 10.9 Å². The molecule has 2 aliphatic rings. The molecule has 2 aromatic rings. The number of para-hydroxylation sites is 1. The molecule has 6 nitrogen and oxygen atoms in total. The number of fused-ring (bicyclic) bond motifs is 1. The van der Waals surface area contributed by atoms with Crippen molar-refractivity contribution in [3.63, 3.8) is 0 Å². The van der Waals surface area contributed by atoms with Gasteiger partial charge in [-0.25, -0.2) is 0 Å². The van der Waals surface area contributed by atoms with Gasteiger partial charge in [-0.3, -0.25) is 24.2 Å². The minimum atomic E-state index is -0.352. The van der Waals surface area contributed by atoms with Gasteiger partial charge in [0.05, 0.1) is 16.2 Å². The second-order valence-electron chi connectivity index (χ2n) is 9.66. The number of hydrogen-bond donors (Lipinski definition) is 1. The number of rotatable bonds is 9. The summed E-state index contributed by atoms with van der Waals surface area (Å²) in [7, 11) is 0. The summed E-state index contributed by atoms with van der Waals surface area (Å²) in [6.07, 6.45) is 4.23. The van der Waals surface area contributed by atoms with Crippen LogP contribution in [-0.4, -0.2) is 40.0 Å². The van der Waals surface area contributed by atoms with Crippen LogP contribution < -0.4 is 10.2 Å². The Balaban J connectivity index is 1.58. The Hall–Kier alpha value is -2.97. The van der Waals surface area contributed by atoms with E-state index in [4.69, 9.17) is 12.2 Å². The van der Waals surface area contributed by atoms with Gasteiger partial charge in [0.15, 0.2) is 0 Å². The van der Waals surface area contributed by atoms with Crippen molar-refractivity contribution in [2.24, 2.45) is 5.92 Å². The standard InChI is InChI=1S/C29H33N3O3S2/c1-5-7-10-20(6-2)16-32-28(35)26(37-29(32)36)25-22-11-8-9-12-23(22)31(27(25)34)17-24(33)30-21-14-13-18(3)19(4)15-21/h8-9,11-15,20H,5-7,10,16-17H2,1-4H3,(H,30,33)/b26-25-/t20-/m1/s1. The molecule has 0 bridgehead atoms. The van der Waals surface area contributed by atoms with Crippen LogP contribution in [0.15, 0.2) is 47.4 Å². The molecule has 1 atom stereocenters. The Kier molecular flexibility index (Phi) is 8.49. The lowest BCUT2D eigenvalue weighted by molar-refractivity contribution is -0.123. The highest BCUT2D eigenvalue weighted by atomic mass is 32.2. The van der Waals surface area contributed by atoms with Crippen molar-refractivity contribution in [2.45, 2.75) is 53.4 Å². The molecule has 2 aliphatic heterocycles. The van der Waals surface area contributed by atoms with Gasteiger partial charge >= 0.3 is 0 Å². The van der Waals surface area contributed by atoms with Crippen LogP contribution >= 0.6 is 24.0 Å². The SMILES string of the molecule is CCCC[C@@H](CC)CN1C(=O)/C(=C2/C(=O)N(CC(=O)Nc3ccc(C)c(C)c3)c3ccccc32)SC1=S. The molecule has 1 saturated heterocycles. The molecule has 0 aliphatic carbocycles. The third-order valence-corrected chi connectivity index (χ3v) is 8.52. The number of benzene rings is 2. The molecule has 1 N–H and O–H groups in total. The number of hydrogen-bond acceptors (Lipinski definition) is 5. The van der Waals surface area contributed by atoms with Gasteiger partial charge in [-0.1, -0.05) is 81.4 Å². The molecule has 0 spiro atoms. The Labute approximate surface area is 228 Å². The molecule has 8 heteroatoms. The third-order valence-electron chi connectivity index (χ3n) is 7.08. The van der Waals surface area contributed by atoms with E-state index in [-0.39, 0.29) is 24.3 Å². The number of thioether (sulfide) groups is 1. The molecule has 0 unspecified atom stereocenters. The van der Waals surface area contributed by atoms with E-state index >= 15 is 0 Å². The molecule has 2 aromatic carbocycles. The zero-order valence-corrected chi connectivity index (χ0v) is 23.4. The average Bonchev–Trinajstić information content (AvgIpc) is 3.30. The van der Waals surface area contributed by atoms with Crippen LogP contribution in [0.2, 0.25) is 0 Å². The molecule has 0 saturated carbocycles. The minimum Gasteiger partial charge on any atom is -0.325 e. The van der Waals surface area contributed by atoms with Gasteiger partial charge in [0.25, 0.3) is 11.8 Å². The number of amides is 3. The van der Waals surface area contributed by atoms with E-state index in [1.54, 1.807) is 4.90 Å². The maximum atomic E-state index is 13.7. The summed E-state index contributed by atoms with van der Waals surface area (Å²) in [5, 5.41) is 2.89. The molecule has 194 valence electrons. The molecule has 37 heavy (non-hydrogen) atoms. The Morgan fingerprint density at radius 3 is 2.49 bits per heavy atom. The predicted octanol–water partition coefficient (Wildman–Crippen LogP) is 6.08. The molecule has 3 amide bonds. The van der Waals surface area contributed by atoms with Crippen LogP contribution in [0.5, 0.6) is 0 Å². The Bertz CT molecular complexity index is 1290. The first-order valence-corrected chi connectivity index (χ1v) is 14.0. The van der Waals surface area contributed by atoms with Crippen molar-refractivity contribution >= 4 is 63.0 Å². The van der Waals surface area contributed by atoms with Crippen LogP contribution in [-0.2, 0) is 14.4 Å². The fourth-order valence-corrected chi connectivity index (χ4v) is 6.05. The van der Waals surface area contributed by atoms with E-state index in [0.717, 1.165) is 36.8 Å². The van der Waals surface area contributed by atoms with Gasteiger partial charge in [0, 0.05) is 17.8 Å². The molecular weight excluding hydrogens is 502 g/mol. The van der Waals surface area contributed by atoms with E-state index in [2.05, 4.69) is 19.2 Å². The van der Waals surface area contributed by atoms with Crippen LogP contribution in [0.3, 0.4) is 0 Å². The van der Waals surface area contributed by atoms with E-state index in [0.29, 0.717) is 44.2 Å². The molecule has 4 rings (SSSR count). The summed E-state index contributed by atoms with van der Waals surface area (Å²) in [6.45, 7) is 8.71. The highest BCUT2D eigenvalue weighted by molar-refractivity contribution is 8.26. The minimum absolute atomic E-state index is 0.151. The first-order valence-electron chi connectivity index (χ1n) is 12.8. The number of carbonyl (C=O) groups excluding carboxylic acids is 3. The Morgan fingerprint density at radius 2 is 1.78 bits per heavy atom.